The van der Waals surface area contributed by atoms with Crippen LogP contribution in [0.25, 0.3) is 21.5 Å². The number of hydrogen-bond acceptors (Lipinski definition) is 0. The standard InChI is InChI=1S/C34H36/c1-9-33-23-13-11-19(3)27-20(4)12-14-24(29(23)27)34(33,10-2)26-18-16-22-28-21(15-17-25(33)30(26)28)31(5,6)32(22,7)8/h11-18H,9-10H2,1-8H3. The van der Waals surface area contributed by atoms with E-state index < -0.39 is 0 Å². The third-order valence-electron chi connectivity index (χ3n) is 11.3. The molecule has 0 heterocycles. The Bertz CT molecular complexity index is 1480. The zero-order valence-corrected chi connectivity index (χ0v) is 22.0. The predicted octanol–water partition coefficient (Wildman–Crippen LogP) is 8.90. The molecule has 0 bridgehead atoms. The van der Waals surface area contributed by atoms with Crippen molar-refractivity contribution in [1.82, 2.24) is 0 Å². The number of fused-ring (bicyclic) bond motifs is 5. The summed E-state index contributed by atoms with van der Waals surface area (Å²) in [5, 5.41) is 6.18. The topological polar surface area (TPSA) is 0 Å². The molecular formula is C34H36. The van der Waals surface area contributed by atoms with Crippen LogP contribution in [0.15, 0.2) is 48.5 Å². The van der Waals surface area contributed by atoms with E-state index in [-0.39, 0.29) is 21.7 Å². The van der Waals surface area contributed by atoms with Crippen LogP contribution in [0.2, 0.25) is 0 Å². The molecule has 0 saturated heterocycles. The molecule has 0 aromatic heterocycles. The van der Waals surface area contributed by atoms with E-state index >= 15 is 0 Å². The summed E-state index contributed by atoms with van der Waals surface area (Å²) in [5.74, 6) is 0. The lowest BCUT2D eigenvalue weighted by Gasteiger charge is -2.44. The van der Waals surface area contributed by atoms with E-state index in [9.17, 15) is 0 Å². The Morgan fingerprint density at radius 3 is 1.12 bits per heavy atom. The van der Waals surface area contributed by atoms with Crippen LogP contribution >= 0.6 is 0 Å². The molecule has 0 nitrogen and oxygen atoms in total. The molecule has 0 N–H and O–H groups in total. The van der Waals surface area contributed by atoms with Crippen molar-refractivity contribution in [2.75, 3.05) is 0 Å². The first-order valence-corrected chi connectivity index (χ1v) is 13.3. The second-order valence-electron chi connectivity index (χ2n) is 12.4. The van der Waals surface area contributed by atoms with E-state index in [1.165, 1.54) is 16.5 Å². The SMILES string of the molecule is CCC12c3ccc(C)c4c(C)ccc(c34)C1(CC)c1ccc3c4c(ccc2c14)C(C)(C)C3(C)C. The molecule has 4 aromatic carbocycles. The number of rotatable bonds is 2. The molecule has 172 valence electrons. The van der Waals surface area contributed by atoms with Gasteiger partial charge >= 0.3 is 0 Å². The Hall–Kier alpha value is -2.60. The normalized spacial score (nSPS) is 26.6. The van der Waals surface area contributed by atoms with E-state index in [0.29, 0.717) is 0 Å². The van der Waals surface area contributed by atoms with Crippen molar-refractivity contribution in [1.29, 1.82) is 0 Å². The molecule has 0 fully saturated rings. The molecule has 3 aliphatic carbocycles. The van der Waals surface area contributed by atoms with Crippen molar-refractivity contribution in [2.45, 2.75) is 89.9 Å². The Labute approximate surface area is 204 Å². The third kappa shape index (κ3) is 1.72. The van der Waals surface area contributed by atoms with Gasteiger partial charge in [0.1, 0.15) is 0 Å². The smallest absolute Gasteiger partial charge is 0.0350 e. The molecule has 4 aromatic rings. The summed E-state index contributed by atoms with van der Waals surface area (Å²) in [6, 6.07) is 19.8. The van der Waals surface area contributed by atoms with Crippen LogP contribution in [0.4, 0.5) is 0 Å². The van der Waals surface area contributed by atoms with Crippen molar-refractivity contribution in [2.24, 2.45) is 0 Å². The first-order valence-electron chi connectivity index (χ1n) is 13.3. The molecular weight excluding hydrogens is 408 g/mol. The number of benzene rings is 4. The Kier molecular flexibility index (Phi) is 3.53. The second kappa shape index (κ2) is 5.78. The minimum Gasteiger partial charge on any atom is -0.0642 e. The molecule has 0 spiro atoms. The van der Waals surface area contributed by atoms with Crippen LogP contribution in [0.1, 0.15) is 98.9 Å². The molecule has 7 rings (SSSR count). The van der Waals surface area contributed by atoms with Gasteiger partial charge in [0.2, 0.25) is 0 Å². The fourth-order valence-corrected chi connectivity index (χ4v) is 9.08. The maximum atomic E-state index is 2.54. The molecule has 0 saturated carbocycles. The predicted molar refractivity (Wildman–Crippen MR) is 146 cm³/mol. The highest BCUT2D eigenvalue weighted by Gasteiger charge is 2.64. The van der Waals surface area contributed by atoms with Crippen molar-refractivity contribution >= 4 is 21.5 Å². The molecule has 0 amide bonds. The van der Waals surface area contributed by atoms with Gasteiger partial charge in [-0.25, -0.2) is 0 Å². The molecule has 2 unspecified atom stereocenters. The lowest BCUT2D eigenvalue weighted by atomic mass is 9.57. The maximum absolute atomic E-state index is 2.54. The highest BCUT2D eigenvalue weighted by atomic mass is 14.7. The van der Waals surface area contributed by atoms with E-state index in [1.54, 1.807) is 49.5 Å². The maximum Gasteiger partial charge on any atom is 0.0350 e. The van der Waals surface area contributed by atoms with E-state index in [2.05, 4.69) is 104 Å². The van der Waals surface area contributed by atoms with E-state index in [0.717, 1.165) is 12.8 Å². The van der Waals surface area contributed by atoms with Crippen molar-refractivity contribution in [3.8, 4) is 0 Å². The van der Waals surface area contributed by atoms with Crippen LogP contribution in [-0.4, -0.2) is 0 Å². The van der Waals surface area contributed by atoms with Gasteiger partial charge < -0.3 is 0 Å². The Balaban J connectivity index is 1.74. The fourth-order valence-electron chi connectivity index (χ4n) is 9.08. The molecule has 0 radical (unpaired) electrons. The zero-order valence-electron chi connectivity index (χ0n) is 22.0. The van der Waals surface area contributed by atoms with Crippen molar-refractivity contribution in [3.63, 3.8) is 0 Å². The second-order valence-corrected chi connectivity index (χ2v) is 12.4. The summed E-state index contributed by atoms with van der Waals surface area (Å²) in [6.07, 6.45) is 2.25. The summed E-state index contributed by atoms with van der Waals surface area (Å²) < 4.78 is 0. The fraction of sp³-hybridized carbons (Fsp3) is 0.412. The summed E-state index contributed by atoms with van der Waals surface area (Å²) in [5.41, 5.74) is 12.5. The van der Waals surface area contributed by atoms with Crippen LogP contribution in [0.3, 0.4) is 0 Å². The first-order chi connectivity index (χ1) is 16.1. The quantitative estimate of drug-likeness (QED) is 0.289. The van der Waals surface area contributed by atoms with Crippen LogP contribution in [0.5, 0.6) is 0 Å². The first kappa shape index (κ1) is 20.7. The van der Waals surface area contributed by atoms with Crippen molar-refractivity contribution < 1.29 is 0 Å². The Morgan fingerprint density at radius 1 is 0.441 bits per heavy atom. The van der Waals surface area contributed by atoms with Gasteiger partial charge in [0, 0.05) is 10.8 Å². The van der Waals surface area contributed by atoms with Crippen LogP contribution in [0, 0.1) is 13.8 Å². The number of aryl methyl sites for hydroxylation is 2. The monoisotopic (exact) mass is 444 g/mol. The molecule has 34 heavy (non-hydrogen) atoms. The summed E-state index contributed by atoms with van der Waals surface area (Å²) in [6.45, 7) is 19.3. The van der Waals surface area contributed by atoms with E-state index in [1.807, 2.05) is 0 Å². The highest BCUT2D eigenvalue weighted by Crippen LogP contribution is 2.71. The molecule has 0 heteroatoms. The largest absolute Gasteiger partial charge is 0.0642 e. The average Bonchev–Trinajstić information content (AvgIpc) is 3.27. The lowest BCUT2D eigenvalue weighted by Crippen LogP contribution is -2.43. The highest BCUT2D eigenvalue weighted by molar-refractivity contribution is 6.08. The summed E-state index contributed by atoms with van der Waals surface area (Å²) in [4.78, 5) is 0. The minimum atomic E-state index is 0.000188. The van der Waals surface area contributed by atoms with Gasteiger partial charge in [-0.2, -0.15) is 0 Å². The summed E-state index contributed by atoms with van der Waals surface area (Å²) >= 11 is 0. The van der Waals surface area contributed by atoms with Crippen molar-refractivity contribution in [3.05, 3.63) is 93.0 Å². The van der Waals surface area contributed by atoms with Gasteiger partial charge in [-0.3, -0.25) is 0 Å². The number of hydrogen-bond donors (Lipinski definition) is 0. The Morgan fingerprint density at radius 2 is 0.735 bits per heavy atom. The summed E-state index contributed by atoms with van der Waals surface area (Å²) in [7, 11) is 0. The molecule has 0 aliphatic heterocycles. The van der Waals surface area contributed by atoms with Crippen LogP contribution in [-0.2, 0) is 21.7 Å². The molecule has 2 atom stereocenters. The minimum absolute atomic E-state index is 0.000188. The zero-order chi connectivity index (χ0) is 24.0. The third-order valence-corrected chi connectivity index (χ3v) is 11.3. The lowest BCUT2D eigenvalue weighted by molar-refractivity contribution is 0.317. The van der Waals surface area contributed by atoms with Gasteiger partial charge in [0.25, 0.3) is 0 Å². The van der Waals surface area contributed by atoms with E-state index in [4.69, 9.17) is 0 Å². The van der Waals surface area contributed by atoms with Gasteiger partial charge in [-0.05, 0) is 104 Å². The average molecular weight is 445 g/mol. The van der Waals surface area contributed by atoms with Gasteiger partial charge in [0.15, 0.2) is 0 Å². The molecule has 3 aliphatic rings. The van der Waals surface area contributed by atoms with Crippen LogP contribution < -0.4 is 0 Å². The van der Waals surface area contributed by atoms with Gasteiger partial charge in [0.05, 0.1) is 0 Å². The van der Waals surface area contributed by atoms with Gasteiger partial charge in [-0.1, -0.05) is 90.1 Å². The van der Waals surface area contributed by atoms with Gasteiger partial charge in [-0.15, -0.1) is 0 Å².